The molecule has 49 heavy (non-hydrogen) atoms. The molecule has 0 aliphatic heterocycles. The Hall–Kier alpha value is -6.51. The van der Waals surface area contributed by atoms with Gasteiger partial charge in [-0.15, -0.1) is 0 Å². The van der Waals surface area contributed by atoms with Crippen LogP contribution in [0.5, 0.6) is 0 Å². The van der Waals surface area contributed by atoms with Crippen LogP contribution in [-0.2, 0) is 0 Å². The molecule has 0 saturated carbocycles. The van der Waals surface area contributed by atoms with E-state index < -0.39 is 0 Å². The first-order valence-corrected chi connectivity index (χ1v) is 16.8. The number of fused-ring (bicyclic) bond motifs is 5. The highest BCUT2D eigenvalue weighted by Gasteiger charge is 2.18. The van der Waals surface area contributed by atoms with Gasteiger partial charge in [-0.2, -0.15) is 5.10 Å². The summed E-state index contributed by atoms with van der Waals surface area (Å²) in [6.45, 7) is 0. The smallest absolute Gasteiger partial charge is 0.0933 e. The summed E-state index contributed by atoms with van der Waals surface area (Å²) in [7, 11) is 0. The molecular weight excluding hydrogens is 593 g/mol. The van der Waals surface area contributed by atoms with E-state index in [0.29, 0.717) is 0 Å². The van der Waals surface area contributed by atoms with Gasteiger partial charge in [0.2, 0.25) is 0 Å². The van der Waals surface area contributed by atoms with E-state index in [1.165, 1.54) is 76.5 Å². The summed E-state index contributed by atoms with van der Waals surface area (Å²) in [5.41, 5.74) is 10.5. The second kappa shape index (κ2) is 11.0. The Kier molecular flexibility index (Phi) is 6.22. The van der Waals surface area contributed by atoms with Crippen LogP contribution in [0.4, 0.5) is 0 Å². The number of hydrogen-bond donors (Lipinski definition) is 0. The highest BCUT2D eigenvalue weighted by Crippen LogP contribution is 2.45. The normalized spacial score (nSPS) is 11.7. The van der Waals surface area contributed by atoms with Crippen molar-refractivity contribution in [2.75, 3.05) is 0 Å². The van der Waals surface area contributed by atoms with E-state index in [-0.39, 0.29) is 0 Å². The van der Waals surface area contributed by atoms with Crippen molar-refractivity contribution in [1.82, 2.24) is 9.61 Å². The highest BCUT2D eigenvalue weighted by atomic mass is 15.2. The van der Waals surface area contributed by atoms with E-state index in [4.69, 9.17) is 5.10 Å². The van der Waals surface area contributed by atoms with Gasteiger partial charge < -0.3 is 0 Å². The standard InChI is InChI=1S/C47H30N2/c1-3-11-35-27-38(22-18-31(35)9-1)46-41-14-5-6-15-42(41)47(39-23-19-32-10-2-4-12-36(32)28-39)44-29-37(24-25-43(44)46)33-16-20-34(21-17-33)45-30-40-13-7-8-26-49(40)48-45/h1-30H. The first-order valence-electron chi connectivity index (χ1n) is 16.8. The van der Waals surface area contributed by atoms with Gasteiger partial charge in [-0.25, -0.2) is 4.52 Å². The largest absolute Gasteiger partial charge is 0.240 e. The summed E-state index contributed by atoms with van der Waals surface area (Å²) in [4.78, 5) is 0. The van der Waals surface area contributed by atoms with Gasteiger partial charge >= 0.3 is 0 Å². The molecule has 0 aliphatic carbocycles. The molecule has 8 aromatic carbocycles. The molecule has 0 fully saturated rings. The third-order valence-corrected chi connectivity index (χ3v) is 9.98. The quantitative estimate of drug-likeness (QED) is 0.179. The Morgan fingerprint density at radius 2 is 0.837 bits per heavy atom. The number of aromatic nitrogens is 2. The van der Waals surface area contributed by atoms with E-state index in [1.807, 2.05) is 22.8 Å². The molecule has 0 N–H and O–H groups in total. The molecule has 228 valence electrons. The summed E-state index contributed by atoms with van der Waals surface area (Å²) in [6.07, 6.45) is 1.99. The molecular formula is C47H30N2. The minimum Gasteiger partial charge on any atom is -0.240 e. The maximum atomic E-state index is 4.80. The van der Waals surface area contributed by atoms with Crippen LogP contribution in [0.2, 0.25) is 0 Å². The summed E-state index contributed by atoms with van der Waals surface area (Å²) < 4.78 is 1.93. The molecule has 10 aromatic rings. The number of nitrogens with zero attached hydrogens (tertiary/aromatic N) is 2. The van der Waals surface area contributed by atoms with Crippen molar-refractivity contribution in [1.29, 1.82) is 0 Å². The molecule has 0 unspecified atom stereocenters. The highest BCUT2D eigenvalue weighted by molar-refractivity contribution is 6.22. The van der Waals surface area contributed by atoms with Crippen LogP contribution in [0.25, 0.3) is 93.2 Å². The van der Waals surface area contributed by atoms with E-state index in [1.54, 1.807) is 0 Å². The zero-order chi connectivity index (χ0) is 32.3. The Balaban J connectivity index is 1.21. The Bertz CT molecular complexity index is 2840. The molecule has 0 bridgehead atoms. The van der Waals surface area contributed by atoms with Crippen molar-refractivity contribution in [3.05, 3.63) is 182 Å². The van der Waals surface area contributed by atoms with Crippen molar-refractivity contribution in [2.24, 2.45) is 0 Å². The maximum Gasteiger partial charge on any atom is 0.0933 e. The zero-order valence-electron chi connectivity index (χ0n) is 26.7. The number of pyridine rings is 1. The third-order valence-electron chi connectivity index (χ3n) is 9.98. The topological polar surface area (TPSA) is 17.3 Å². The molecule has 0 aliphatic rings. The van der Waals surface area contributed by atoms with Gasteiger partial charge in [0, 0.05) is 11.8 Å². The van der Waals surface area contributed by atoms with Gasteiger partial charge in [0.15, 0.2) is 0 Å². The number of rotatable bonds is 4. The summed E-state index contributed by atoms with van der Waals surface area (Å²) in [6, 6.07) is 64.1. The minimum atomic E-state index is 0.973. The van der Waals surface area contributed by atoms with Crippen LogP contribution < -0.4 is 0 Å². The zero-order valence-corrected chi connectivity index (χ0v) is 26.7. The first-order chi connectivity index (χ1) is 24.3. The lowest BCUT2D eigenvalue weighted by Gasteiger charge is -2.19. The van der Waals surface area contributed by atoms with Crippen molar-refractivity contribution >= 4 is 48.6 Å². The van der Waals surface area contributed by atoms with Crippen LogP contribution in [0, 0.1) is 0 Å². The predicted octanol–water partition coefficient (Wildman–Crippen LogP) is 12.6. The molecule has 0 amide bonds. The Morgan fingerprint density at radius 1 is 0.327 bits per heavy atom. The second-order valence-corrected chi connectivity index (χ2v) is 12.9. The molecule has 0 spiro atoms. The summed E-state index contributed by atoms with van der Waals surface area (Å²) >= 11 is 0. The van der Waals surface area contributed by atoms with Gasteiger partial charge in [0.05, 0.1) is 11.2 Å². The summed E-state index contributed by atoms with van der Waals surface area (Å²) in [5, 5.41) is 14.8. The van der Waals surface area contributed by atoms with Gasteiger partial charge in [0.25, 0.3) is 0 Å². The van der Waals surface area contributed by atoms with Crippen LogP contribution in [0.3, 0.4) is 0 Å². The van der Waals surface area contributed by atoms with Crippen molar-refractivity contribution in [3.63, 3.8) is 0 Å². The molecule has 2 nitrogen and oxygen atoms in total. The van der Waals surface area contributed by atoms with E-state index in [9.17, 15) is 0 Å². The van der Waals surface area contributed by atoms with Crippen molar-refractivity contribution < 1.29 is 0 Å². The van der Waals surface area contributed by atoms with Crippen LogP contribution in [0.1, 0.15) is 0 Å². The Labute approximate surface area is 284 Å². The average molecular weight is 623 g/mol. The second-order valence-electron chi connectivity index (χ2n) is 12.9. The molecule has 0 atom stereocenters. The summed E-state index contributed by atoms with van der Waals surface area (Å²) in [5.74, 6) is 0. The fourth-order valence-corrected chi connectivity index (χ4v) is 7.58. The van der Waals surface area contributed by atoms with Crippen LogP contribution >= 0.6 is 0 Å². The van der Waals surface area contributed by atoms with Gasteiger partial charge in [-0.05, 0) is 113 Å². The SMILES string of the molecule is c1ccc2cc(-c3c4ccccc4c(-c4ccc5ccccc5c4)c4cc(-c5ccc(-c6cc7ccccn7n6)cc5)ccc34)ccc2c1. The monoisotopic (exact) mass is 622 g/mol. The number of hydrogen-bond acceptors (Lipinski definition) is 1. The molecule has 10 rings (SSSR count). The van der Waals surface area contributed by atoms with E-state index in [0.717, 1.165) is 16.8 Å². The fourth-order valence-electron chi connectivity index (χ4n) is 7.58. The predicted molar refractivity (Wildman–Crippen MR) is 207 cm³/mol. The van der Waals surface area contributed by atoms with Crippen molar-refractivity contribution in [3.8, 4) is 44.6 Å². The lowest BCUT2D eigenvalue weighted by molar-refractivity contribution is 0.966. The average Bonchev–Trinajstić information content (AvgIpc) is 3.61. The molecule has 0 radical (unpaired) electrons. The Morgan fingerprint density at radius 3 is 1.49 bits per heavy atom. The molecule has 2 heteroatoms. The third kappa shape index (κ3) is 4.61. The minimum absolute atomic E-state index is 0.973. The van der Waals surface area contributed by atoms with Gasteiger partial charge in [-0.3, -0.25) is 0 Å². The van der Waals surface area contributed by atoms with Crippen LogP contribution in [-0.4, -0.2) is 9.61 Å². The van der Waals surface area contributed by atoms with Crippen LogP contribution in [0.15, 0.2) is 182 Å². The lowest BCUT2D eigenvalue weighted by Crippen LogP contribution is -1.92. The fraction of sp³-hybridized carbons (Fsp3) is 0. The maximum absolute atomic E-state index is 4.80. The van der Waals surface area contributed by atoms with Crippen molar-refractivity contribution in [2.45, 2.75) is 0 Å². The first kappa shape index (κ1) is 27.6. The van der Waals surface area contributed by atoms with Gasteiger partial charge in [-0.1, -0.05) is 140 Å². The van der Waals surface area contributed by atoms with Gasteiger partial charge in [0.1, 0.15) is 0 Å². The van der Waals surface area contributed by atoms with E-state index in [2.05, 4.69) is 164 Å². The molecule has 2 aromatic heterocycles. The molecule has 0 saturated heterocycles. The van der Waals surface area contributed by atoms with E-state index >= 15 is 0 Å². The lowest BCUT2D eigenvalue weighted by atomic mass is 9.84. The number of benzene rings is 8. The molecule has 2 heterocycles.